The maximum atomic E-state index is 11.6. The molecule has 0 atom stereocenters. The number of nitrogens with one attached hydrogen (secondary N) is 1. The number of carbonyl (C=O) groups is 1. The number of rotatable bonds is 4. The van der Waals surface area contributed by atoms with E-state index in [4.69, 9.17) is 4.74 Å². The molecule has 1 aromatic heterocycles. The van der Waals surface area contributed by atoms with Gasteiger partial charge in [-0.2, -0.15) is 0 Å². The highest BCUT2D eigenvalue weighted by molar-refractivity contribution is 6.01. The van der Waals surface area contributed by atoms with Crippen LogP contribution in [0.4, 0.5) is 5.69 Å². The number of pyridine rings is 1. The van der Waals surface area contributed by atoms with E-state index in [1.165, 1.54) is 0 Å². The standard InChI is InChI=1S/C14H16N2O2/c1-3-18-9-14(17)16-13-6-4-5-12-11(13)8-7-10(2)15-12/h4-8H,3,9H2,1-2H3,(H,16,17). The van der Waals surface area contributed by atoms with Gasteiger partial charge in [0.25, 0.3) is 0 Å². The van der Waals surface area contributed by atoms with E-state index < -0.39 is 0 Å². The molecule has 2 aromatic rings. The van der Waals surface area contributed by atoms with Crippen molar-refractivity contribution in [3.63, 3.8) is 0 Å². The Balaban J connectivity index is 2.25. The van der Waals surface area contributed by atoms with E-state index in [0.717, 1.165) is 22.3 Å². The molecule has 0 aliphatic carbocycles. The van der Waals surface area contributed by atoms with Crippen molar-refractivity contribution in [1.29, 1.82) is 0 Å². The Morgan fingerprint density at radius 2 is 2.17 bits per heavy atom. The minimum atomic E-state index is -0.148. The number of aryl methyl sites for hydroxylation is 1. The molecule has 94 valence electrons. The molecule has 0 bridgehead atoms. The highest BCUT2D eigenvalue weighted by atomic mass is 16.5. The molecule has 0 saturated carbocycles. The summed E-state index contributed by atoms with van der Waals surface area (Å²) in [5.41, 5.74) is 2.61. The lowest BCUT2D eigenvalue weighted by molar-refractivity contribution is -0.120. The first kappa shape index (κ1) is 12.5. The van der Waals surface area contributed by atoms with Crippen LogP contribution in [0, 0.1) is 6.92 Å². The van der Waals surface area contributed by atoms with Crippen molar-refractivity contribution in [3.05, 3.63) is 36.0 Å². The van der Waals surface area contributed by atoms with Gasteiger partial charge < -0.3 is 10.1 Å². The summed E-state index contributed by atoms with van der Waals surface area (Å²) in [6.45, 7) is 4.41. The first-order valence-electron chi connectivity index (χ1n) is 5.94. The second-order valence-corrected chi connectivity index (χ2v) is 4.01. The summed E-state index contributed by atoms with van der Waals surface area (Å²) < 4.78 is 5.07. The third kappa shape index (κ3) is 2.84. The number of carbonyl (C=O) groups excluding carboxylic acids is 1. The second-order valence-electron chi connectivity index (χ2n) is 4.01. The van der Waals surface area contributed by atoms with E-state index in [0.29, 0.717) is 6.61 Å². The molecule has 1 heterocycles. The van der Waals surface area contributed by atoms with Crippen molar-refractivity contribution in [1.82, 2.24) is 4.98 Å². The second kappa shape index (κ2) is 5.60. The minimum absolute atomic E-state index is 0.0756. The summed E-state index contributed by atoms with van der Waals surface area (Å²) in [7, 11) is 0. The molecule has 0 aliphatic rings. The van der Waals surface area contributed by atoms with Crippen LogP contribution in [0.5, 0.6) is 0 Å². The monoisotopic (exact) mass is 244 g/mol. The predicted molar refractivity (Wildman–Crippen MR) is 71.6 cm³/mol. The molecule has 0 fully saturated rings. The molecule has 2 rings (SSSR count). The lowest BCUT2D eigenvalue weighted by Gasteiger charge is -2.08. The fraction of sp³-hybridized carbons (Fsp3) is 0.286. The lowest BCUT2D eigenvalue weighted by Crippen LogP contribution is -2.18. The van der Waals surface area contributed by atoms with Gasteiger partial charge in [0.1, 0.15) is 6.61 Å². The SMILES string of the molecule is CCOCC(=O)Nc1cccc2nc(C)ccc12. The van der Waals surface area contributed by atoms with E-state index in [1.54, 1.807) is 0 Å². The van der Waals surface area contributed by atoms with Crippen molar-refractivity contribution >= 4 is 22.5 Å². The Bertz CT molecular complexity index is 567. The number of nitrogens with zero attached hydrogens (tertiary/aromatic N) is 1. The number of fused-ring (bicyclic) bond motifs is 1. The van der Waals surface area contributed by atoms with Crippen LogP contribution >= 0.6 is 0 Å². The molecular weight excluding hydrogens is 228 g/mol. The number of anilines is 1. The molecule has 4 heteroatoms. The first-order chi connectivity index (χ1) is 8.70. The lowest BCUT2D eigenvalue weighted by atomic mass is 10.1. The van der Waals surface area contributed by atoms with Gasteiger partial charge in [-0.3, -0.25) is 9.78 Å². The number of hydrogen-bond donors (Lipinski definition) is 1. The summed E-state index contributed by atoms with van der Waals surface area (Å²) in [5, 5.41) is 3.77. The quantitative estimate of drug-likeness (QED) is 0.899. The molecule has 0 spiro atoms. The van der Waals surface area contributed by atoms with Crippen LogP contribution in [0.25, 0.3) is 10.9 Å². The molecule has 1 amide bonds. The molecule has 0 aliphatic heterocycles. The van der Waals surface area contributed by atoms with E-state index in [2.05, 4.69) is 10.3 Å². The van der Waals surface area contributed by atoms with Gasteiger partial charge in [0.2, 0.25) is 5.91 Å². The van der Waals surface area contributed by atoms with Crippen molar-refractivity contribution in [2.24, 2.45) is 0 Å². The van der Waals surface area contributed by atoms with Gasteiger partial charge in [0.15, 0.2) is 0 Å². The minimum Gasteiger partial charge on any atom is -0.372 e. The largest absolute Gasteiger partial charge is 0.372 e. The predicted octanol–water partition coefficient (Wildman–Crippen LogP) is 2.52. The first-order valence-corrected chi connectivity index (χ1v) is 5.94. The average molecular weight is 244 g/mol. The van der Waals surface area contributed by atoms with Crippen LogP contribution in [-0.2, 0) is 9.53 Å². The summed E-state index contributed by atoms with van der Waals surface area (Å²) in [6, 6.07) is 9.57. The molecule has 0 unspecified atom stereocenters. The molecule has 1 N–H and O–H groups in total. The van der Waals surface area contributed by atoms with Crippen molar-refractivity contribution in [2.45, 2.75) is 13.8 Å². The zero-order chi connectivity index (χ0) is 13.0. The normalized spacial score (nSPS) is 10.6. The third-order valence-corrected chi connectivity index (χ3v) is 2.58. The highest BCUT2D eigenvalue weighted by Crippen LogP contribution is 2.22. The van der Waals surface area contributed by atoms with E-state index in [-0.39, 0.29) is 12.5 Å². The Morgan fingerprint density at radius 3 is 2.94 bits per heavy atom. The topological polar surface area (TPSA) is 51.2 Å². The smallest absolute Gasteiger partial charge is 0.250 e. The molecular formula is C14H16N2O2. The van der Waals surface area contributed by atoms with E-state index in [1.807, 2.05) is 44.2 Å². The van der Waals surface area contributed by atoms with E-state index >= 15 is 0 Å². The summed E-state index contributed by atoms with van der Waals surface area (Å²) in [6.07, 6.45) is 0. The van der Waals surface area contributed by atoms with Gasteiger partial charge >= 0.3 is 0 Å². The number of aromatic nitrogens is 1. The molecule has 18 heavy (non-hydrogen) atoms. The number of benzene rings is 1. The maximum absolute atomic E-state index is 11.6. The van der Waals surface area contributed by atoms with Gasteiger partial charge in [0.05, 0.1) is 11.2 Å². The number of hydrogen-bond acceptors (Lipinski definition) is 3. The summed E-state index contributed by atoms with van der Waals surface area (Å²) in [5.74, 6) is -0.148. The van der Waals surface area contributed by atoms with Gasteiger partial charge in [-0.1, -0.05) is 6.07 Å². The summed E-state index contributed by atoms with van der Waals surface area (Å²) in [4.78, 5) is 16.0. The third-order valence-electron chi connectivity index (χ3n) is 2.58. The zero-order valence-corrected chi connectivity index (χ0v) is 10.6. The van der Waals surface area contributed by atoms with Crippen LogP contribution in [0.3, 0.4) is 0 Å². The highest BCUT2D eigenvalue weighted by Gasteiger charge is 2.06. The Morgan fingerprint density at radius 1 is 1.33 bits per heavy atom. The number of ether oxygens (including phenoxy) is 1. The van der Waals surface area contributed by atoms with Gasteiger partial charge in [-0.25, -0.2) is 0 Å². The Kier molecular flexibility index (Phi) is 3.89. The van der Waals surface area contributed by atoms with Crippen LogP contribution in [-0.4, -0.2) is 24.1 Å². The van der Waals surface area contributed by atoms with Gasteiger partial charge in [-0.15, -0.1) is 0 Å². The van der Waals surface area contributed by atoms with E-state index in [9.17, 15) is 4.79 Å². The van der Waals surface area contributed by atoms with Crippen molar-refractivity contribution < 1.29 is 9.53 Å². The van der Waals surface area contributed by atoms with Crippen molar-refractivity contribution in [3.8, 4) is 0 Å². The maximum Gasteiger partial charge on any atom is 0.250 e. The molecule has 4 nitrogen and oxygen atoms in total. The molecule has 0 saturated heterocycles. The van der Waals surface area contributed by atoms with Gasteiger partial charge in [-0.05, 0) is 38.1 Å². The zero-order valence-electron chi connectivity index (χ0n) is 10.6. The fourth-order valence-corrected chi connectivity index (χ4v) is 1.75. The summed E-state index contributed by atoms with van der Waals surface area (Å²) >= 11 is 0. The van der Waals surface area contributed by atoms with Crippen LogP contribution < -0.4 is 5.32 Å². The van der Waals surface area contributed by atoms with Crippen LogP contribution in [0.15, 0.2) is 30.3 Å². The average Bonchev–Trinajstić information content (AvgIpc) is 2.36. The molecule has 1 aromatic carbocycles. The van der Waals surface area contributed by atoms with Gasteiger partial charge in [0, 0.05) is 17.7 Å². The Labute approximate surface area is 106 Å². The van der Waals surface area contributed by atoms with Crippen LogP contribution in [0.2, 0.25) is 0 Å². The van der Waals surface area contributed by atoms with Crippen molar-refractivity contribution in [2.75, 3.05) is 18.5 Å². The number of amides is 1. The fourth-order valence-electron chi connectivity index (χ4n) is 1.75. The Hall–Kier alpha value is -1.94. The van der Waals surface area contributed by atoms with Crippen LogP contribution in [0.1, 0.15) is 12.6 Å². The molecule has 0 radical (unpaired) electrons.